The van der Waals surface area contributed by atoms with Crippen LogP contribution >= 0.6 is 11.3 Å². The first kappa shape index (κ1) is 34.1. The third-order valence-electron chi connectivity index (χ3n) is 7.27. The highest BCUT2D eigenvalue weighted by Gasteiger charge is 2.20. The molecule has 3 heterocycles. The smallest absolute Gasteiger partial charge is 0.412 e. The molecule has 0 unspecified atom stereocenters. The number of nitrogens with zero attached hydrogens (tertiary/aromatic N) is 3. The maximum Gasteiger partial charge on any atom is 0.412 e. The number of aromatic nitrogens is 1. The van der Waals surface area contributed by atoms with E-state index in [1.165, 1.54) is 16.9 Å². The number of nitrogens with one attached hydrogen (secondary N) is 2. The van der Waals surface area contributed by atoms with E-state index in [9.17, 15) is 14.4 Å². The molecular weight excluding hydrogens is 590 g/mol. The van der Waals surface area contributed by atoms with E-state index >= 15 is 0 Å². The average Bonchev–Trinajstić information content (AvgIpc) is 3.44. The molecule has 1 saturated heterocycles. The molecule has 1 aromatic carbocycles. The lowest BCUT2D eigenvalue weighted by atomic mass is 10.1. The zero-order chi connectivity index (χ0) is 32.1. The van der Waals surface area contributed by atoms with E-state index < -0.39 is 11.7 Å². The van der Waals surface area contributed by atoms with Gasteiger partial charge in [-0.2, -0.15) is 0 Å². The number of urea groups is 1. The quantitative estimate of drug-likeness (QED) is 0.171. The fourth-order valence-electron chi connectivity index (χ4n) is 4.96. The number of hydrogen-bond donors (Lipinski definition) is 2. The summed E-state index contributed by atoms with van der Waals surface area (Å²) in [6, 6.07) is 13.7. The van der Waals surface area contributed by atoms with Crippen molar-refractivity contribution in [2.75, 3.05) is 51.3 Å². The first-order valence-corrected chi connectivity index (χ1v) is 16.5. The second-order valence-corrected chi connectivity index (χ2v) is 12.9. The number of anilines is 1. The second-order valence-electron chi connectivity index (χ2n) is 12.1. The van der Waals surface area contributed by atoms with Gasteiger partial charge in [0.1, 0.15) is 11.3 Å². The van der Waals surface area contributed by atoms with Crippen molar-refractivity contribution in [3.63, 3.8) is 0 Å². The van der Waals surface area contributed by atoms with Gasteiger partial charge in [-0.25, -0.2) is 9.59 Å². The van der Waals surface area contributed by atoms with Crippen LogP contribution in [-0.4, -0.2) is 84.2 Å². The molecule has 3 aromatic rings. The maximum absolute atomic E-state index is 13.2. The Morgan fingerprint density at radius 1 is 1.02 bits per heavy atom. The monoisotopic (exact) mass is 635 g/mol. The normalized spacial score (nSPS) is 13.7. The Kier molecular flexibility index (Phi) is 12.9. The Hall–Kier alpha value is -3.80. The summed E-state index contributed by atoms with van der Waals surface area (Å²) in [4.78, 5) is 47.2. The van der Waals surface area contributed by atoms with Crippen molar-refractivity contribution >= 4 is 34.9 Å². The Morgan fingerprint density at radius 3 is 2.51 bits per heavy atom. The number of amides is 3. The van der Waals surface area contributed by atoms with E-state index in [1.54, 1.807) is 38.4 Å². The number of ether oxygens (including phenoxy) is 2. The topological polar surface area (TPSA) is 113 Å². The van der Waals surface area contributed by atoms with E-state index in [-0.39, 0.29) is 18.2 Å². The number of hydrogen-bond acceptors (Lipinski definition) is 8. The Balaban J connectivity index is 1.32. The van der Waals surface area contributed by atoms with Gasteiger partial charge >= 0.3 is 12.1 Å². The van der Waals surface area contributed by atoms with E-state index in [0.29, 0.717) is 36.6 Å². The largest absolute Gasteiger partial charge is 0.444 e. The van der Waals surface area contributed by atoms with Crippen molar-refractivity contribution in [2.24, 2.45) is 0 Å². The van der Waals surface area contributed by atoms with Crippen LogP contribution < -0.4 is 10.6 Å². The summed E-state index contributed by atoms with van der Waals surface area (Å²) in [5.74, 6) is -0.161. The number of benzene rings is 1. The average molecular weight is 636 g/mol. The van der Waals surface area contributed by atoms with Gasteiger partial charge in [-0.05, 0) is 68.2 Å². The molecule has 4 rings (SSSR count). The van der Waals surface area contributed by atoms with Gasteiger partial charge in [0.15, 0.2) is 5.78 Å². The SMILES string of the molecule is CC(C)(C)OC(=O)Nc1cscc1CC(=O)c1ccc(CN(CCCN2CCOCC2)C(=O)NCCCc2ccccc2)cn1. The van der Waals surface area contributed by atoms with Gasteiger partial charge in [-0.15, -0.1) is 11.3 Å². The predicted octanol–water partition coefficient (Wildman–Crippen LogP) is 5.78. The number of ketones is 1. The fourth-order valence-corrected chi connectivity index (χ4v) is 5.75. The van der Waals surface area contributed by atoms with E-state index in [2.05, 4.69) is 32.7 Å². The summed E-state index contributed by atoms with van der Waals surface area (Å²) in [7, 11) is 0. The molecule has 0 radical (unpaired) electrons. The molecule has 2 N–H and O–H groups in total. The zero-order valence-corrected chi connectivity index (χ0v) is 27.4. The van der Waals surface area contributed by atoms with Gasteiger partial charge in [-0.1, -0.05) is 36.4 Å². The van der Waals surface area contributed by atoms with Crippen molar-refractivity contribution < 1.29 is 23.9 Å². The molecule has 0 bridgehead atoms. The molecule has 10 nitrogen and oxygen atoms in total. The minimum absolute atomic E-state index is 0.0973. The van der Waals surface area contributed by atoms with Crippen LogP contribution in [0.3, 0.4) is 0 Å². The van der Waals surface area contributed by atoms with Crippen molar-refractivity contribution in [3.8, 4) is 0 Å². The van der Waals surface area contributed by atoms with Crippen LogP contribution in [0.4, 0.5) is 15.3 Å². The van der Waals surface area contributed by atoms with E-state index in [4.69, 9.17) is 9.47 Å². The highest BCUT2D eigenvalue weighted by atomic mass is 32.1. The standard InChI is InChI=1S/C34H45N5O5S/c1-34(2,3)44-33(42)37-30-25-45-24-28(30)21-31(40)29-13-12-27(22-36-29)23-39(16-8-15-38-17-19-43-20-18-38)32(41)35-14-7-11-26-9-5-4-6-10-26/h4-6,9-10,12-13,22,24-25H,7-8,11,14-21,23H2,1-3H3,(H,35,41)(H,37,42). The first-order valence-electron chi connectivity index (χ1n) is 15.6. The molecule has 0 saturated carbocycles. The molecule has 1 aliphatic heterocycles. The molecule has 0 aliphatic carbocycles. The molecule has 11 heteroatoms. The number of morpholine rings is 1. The van der Waals surface area contributed by atoms with Crippen LogP contribution in [-0.2, 0) is 28.9 Å². The predicted molar refractivity (Wildman–Crippen MR) is 177 cm³/mol. The molecule has 3 amide bonds. The summed E-state index contributed by atoms with van der Waals surface area (Å²) in [6.07, 6.45) is 3.81. The number of rotatable bonds is 14. The van der Waals surface area contributed by atoms with Gasteiger partial charge in [0.2, 0.25) is 0 Å². The van der Waals surface area contributed by atoms with Crippen LogP contribution in [0.1, 0.15) is 60.8 Å². The number of Topliss-reactive ketones (excluding diaryl/α,β-unsaturated/α-hetero) is 1. The molecule has 0 atom stereocenters. The second kappa shape index (κ2) is 17.0. The number of thiophene rings is 1. The third kappa shape index (κ3) is 11.9. The van der Waals surface area contributed by atoms with Crippen LogP contribution in [0.5, 0.6) is 0 Å². The molecule has 0 spiro atoms. The van der Waals surface area contributed by atoms with Gasteiger partial charge < -0.3 is 19.7 Å². The summed E-state index contributed by atoms with van der Waals surface area (Å²) in [6.45, 7) is 11.2. The van der Waals surface area contributed by atoms with Crippen molar-refractivity contribution in [1.29, 1.82) is 0 Å². The maximum atomic E-state index is 13.2. The van der Waals surface area contributed by atoms with E-state index in [0.717, 1.165) is 57.7 Å². The molecule has 2 aromatic heterocycles. The van der Waals surface area contributed by atoms with Gasteiger partial charge in [-0.3, -0.25) is 20.0 Å². The van der Waals surface area contributed by atoms with Gasteiger partial charge in [0.25, 0.3) is 0 Å². The Bertz CT molecular complexity index is 1370. The third-order valence-corrected chi connectivity index (χ3v) is 8.06. The summed E-state index contributed by atoms with van der Waals surface area (Å²) in [5.41, 5.74) is 3.07. The lowest BCUT2D eigenvalue weighted by Crippen LogP contribution is -2.42. The van der Waals surface area contributed by atoms with Gasteiger partial charge in [0.05, 0.1) is 18.9 Å². The molecule has 1 aliphatic rings. The molecular formula is C34H45N5O5S. The van der Waals surface area contributed by atoms with Crippen molar-refractivity contribution in [1.82, 2.24) is 20.1 Å². The lowest BCUT2D eigenvalue weighted by molar-refractivity contribution is 0.0364. The Morgan fingerprint density at radius 2 is 1.80 bits per heavy atom. The molecule has 1 fully saturated rings. The number of aryl methyl sites for hydroxylation is 1. The number of carbonyl (C=O) groups excluding carboxylic acids is 3. The van der Waals surface area contributed by atoms with Crippen LogP contribution in [0.25, 0.3) is 0 Å². The van der Waals surface area contributed by atoms with E-state index in [1.807, 2.05) is 34.5 Å². The minimum atomic E-state index is -0.622. The number of carbonyl (C=O) groups is 3. The van der Waals surface area contributed by atoms with Crippen LogP contribution in [0.2, 0.25) is 0 Å². The van der Waals surface area contributed by atoms with Crippen LogP contribution in [0, 0.1) is 0 Å². The zero-order valence-electron chi connectivity index (χ0n) is 26.5. The van der Waals surface area contributed by atoms with Crippen molar-refractivity contribution in [2.45, 2.75) is 58.6 Å². The first-order chi connectivity index (χ1) is 21.7. The Labute approximate surface area is 270 Å². The lowest BCUT2D eigenvalue weighted by Gasteiger charge is -2.28. The van der Waals surface area contributed by atoms with Crippen LogP contribution in [0.15, 0.2) is 59.4 Å². The highest BCUT2D eigenvalue weighted by Crippen LogP contribution is 2.23. The molecule has 45 heavy (non-hydrogen) atoms. The molecule has 242 valence electrons. The van der Waals surface area contributed by atoms with Gasteiger partial charge in [0, 0.05) is 57.3 Å². The highest BCUT2D eigenvalue weighted by molar-refractivity contribution is 7.08. The summed E-state index contributed by atoms with van der Waals surface area (Å²) in [5, 5.41) is 9.44. The van der Waals surface area contributed by atoms with Crippen molar-refractivity contribution in [3.05, 3.63) is 81.8 Å². The summed E-state index contributed by atoms with van der Waals surface area (Å²) >= 11 is 1.40. The summed E-state index contributed by atoms with van der Waals surface area (Å²) < 4.78 is 10.8. The minimum Gasteiger partial charge on any atom is -0.444 e. The number of pyridine rings is 1. The fraction of sp³-hybridized carbons (Fsp3) is 0.471.